The fourth-order valence-corrected chi connectivity index (χ4v) is 4.74. The third kappa shape index (κ3) is 4.22. The van der Waals surface area contributed by atoms with Crippen molar-refractivity contribution in [3.05, 3.63) is 77.8 Å². The molecule has 0 spiro atoms. The molecule has 1 aliphatic carbocycles. The molecule has 2 atom stereocenters. The fourth-order valence-electron chi connectivity index (χ4n) is 3.78. The Kier molecular flexibility index (Phi) is 5.67. The molecular weight excluding hydrogens is 370 g/mol. The highest BCUT2D eigenvalue weighted by Crippen LogP contribution is 2.35. The number of thioether (sulfide) groups is 1. The SMILES string of the molecule is O=C(O)c1ccncc1NCC1CCCc2cc(SC3C=CC=CN3)ccc21. The molecule has 0 radical (unpaired) electrons. The molecule has 2 heterocycles. The number of carbonyl (C=O) groups is 1. The highest BCUT2D eigenvalue weighted by atomic mass is 32.2. The summed E-state index contributed by atoms with van der Waals surface area (Å²) in [6, 6.07) is 8.29. The van der Waals surface area contributed by atoms with E-state index in [1.165, 1.54) is 28.3 Å². The van der Waals surface area contributed by atoms with Gasteiger partial charge in [0, 0.05) is 23.6 Å². The van der Waals surface area contributed by atoms with E-state index in [-0.39, 0.29) is 10.9 Å². The maximum absolute atomic E-state index is 11.4. The number of aryl methyl sites for hydroxylation is 1. The van der Waals surface area contributed by atoms with Crippen LogP contribution in [-0.4, -0.2) is 28.0 Å². The minimum Gasteiger partial charge on any atom is -0.478 e. The van der Waals surface area contributed by atoms with Crippen molar-refractivity contribution in [2.24, 2.45) is 0 Å². The molecular formula is C22H23N3O2S. The Morgan fingerprint density at radius 3 is 3.07 bits per heavy atom. The zero-order chi connectivity index (χ0) is 19.3. The number of nitrogens with one attached hydrogen (secondary N) is 2. The van der Waals surface area contributed by atoms with Crippen LogP contribution in [0.5, 0.6) is 0 Å². The van der Waals surface area contributed by atoms with Crippen LogP contribution in [0.3, 0.4) is 0 Å². The summed E-state index contributed by atoms with van der Waals surface area (Å²) in [5.41, 5.74) is 3.62. The van der Waals surface area contributed by atoms with Crippen LogP contribution in [0.4, 0.5) is 5.69 Å². The molecule has 28 heavy (non-hydrogen) atoms. The van der Waals surface area contributed by atoms with E-state index in [0.717, 1.165) is 19.3 Å². The second-order valence-corrected chi connectivity index (χ2v) is 8.22. The van der Waals surface area contributed by atoms with Gasteiger partial charge in [0.25, 0.3) is 0 Å². The monoisotopic (exact) mass is 393 g/mol. The van der Waals surface area contributed by atoms with Gasteiger partial charge in [-0.2, -0.15) is 0 Å². The number of dihydropyridines is 1. The second kappa shape index (κ2) is 8.52. The van der Waals surface area contributed by atoms with Gasteiger partial charge in [-0.15, -0.1) is 0 Å². The van der Waals surface area contributed by atoms with Crippen molar-refractivity contribution in [2.45, 2.75) is 35.4 Å². The summed E-state index contributed by atoms with van der Waals surface area (Å²) >= 11 is 1.82. The Balaban J connectivity index is 1.46. The minimum atomic E-state index is -0.934. The zero-order valence-electron chi connectivity index (χ0n) is 15.5. The van der Waals surface area contributed by atoms with Gasteiger partial charge in [0.15, 0.2) is 0 Å². The number of allylic oxidation sites excluding steroid dienone is 2. The van der Waals surface area contributed by atoms with E-state index in [1.54, 1.807) is 6.20 Å². The Morgan fingerprint density at radius 2 is 2.25 bits per heavy atom. The van der Waals surface area contributed by atoms with Crippen molar-refractivity contribution in [1.82, 2.24) is 10.3 Å². The molecule has 2 aromatic rings. The number of aromatic nitrogens is 1. The molecule has 0 fully saturated rings. The smallest absolute Gasteiger partial charge is 0.337 e. The van der Waals surface area contributed by atoms with Crippen molar-refractivity contribution in [1.29, 1.82) is 0 Å². The zero-order valence-corrected chi connectivity index (χ0v) is 16.3. The Hall–Kier alpha value is -2.73. The van der Waals surface area contributed by atoms with E-state index in [4.69, 9.17) is 0 Å². The van der Waals surface area contributed by atoms with Crippen molar-refractivity contribution in [3.8, 4) is 0 Å². The number of benzene rings is 1. The number of nitrogens with zero attached hydrogens (tertiary/aromatic N) is 1. The summed E-state index contributed by atoms with van der Waals surface area (Å²) < 4.78 is 0. The molecule has 0 saturated carbocycles. The second-order valence-electron chi connectivity index (χ2n) is 7.01. The van der Waals surface area contributed by atoms with Gasteiger partial charge in [-0.05, 0) is 60.9 Å². The van der Waals surface area contributed by atoms with Gasteiger partial charge in [-0.3, -0.25) is 4.98 Å². The van der Waals surface area contributed by atoms with E-state index in [9.17, 15) is 9.90 Å². The van der Waals surface area contributed by atoms with Crippen LogP contribution in [0, 0.1) is 0 Å². The number of hydrogen-bond acceptors (Lipinski definition) is 5. The predicted molar refractivity (Wildman–Crippen MR) is 113 cm³/mol. The third-order valence-electron chi connectivity index (χ3n) is 5.16. The topological polar surface area (TPSA) is 74.2 Å². The van der Waals surface area contributed by atoms with Crippen LogP contribution in [0.2, 0.25) is 0 Å². The number of fused-ring (bicyclic) bond motifs is 1. The lowest BCUT2D eigenvalue weighted by Crippen LogP contribution is -2.20. The van der Waals surface area contributed by atoms with Crippen molar-refractivity contribution < 1.29 is 9.90 Å². The molecule has 3 N–H and O–H groups in total. The third-order valence-corrected chi connectivity index (χ3v) is 6.23. The molecule has 1 aromatic carbocycles. The summed E-state index contributed by atoms with van der Waals surface area (Å²) in [5, 5.41) is 16.3. The van der Waals surface area contributed by atoms with E-state index in [0.29, 0.717) is 18.2 Å². The van der Waals surface area contributed by atoms with Gasteiger partial charge in [0.1, 0.15) is 0 Å². The molecule has 0 bridgehead atoms. The molecule has 2 unspecified atom stereocenters. The molecule has 2 aliphatic rings. The number of aromatic carboxylic acids is 1. The van der Waals surface area contributed by atoms with Crippen LogP contribution < -0.4 is 10.6 Å². The van der Waals surface area contributed by atoms with Crippen LogP contribution in [-0.2, 0) is 6.42 Å². The molecule has 0 amide bonds. The summed E-state index contributed by atoms with van der Waals surface area (Å²) in [6.07, 6.45) is 14.6. The quantitative estimate of drug-likeness (QED) is 0.675. The maximum Gasteiger partial charge on any atom is 0.337 e. The number of carboxylic acids is 1. The molecule has 4 rings (SSSR count). The number of pyridine rings is 1. The van der Waals surface area contributed by atoms with E-state index in [2.05, 4.69) is 46.0 Å². The fraction of sp³-hybridized carbons (Fsp3) is 0.273. The molecule has 0 saturated heterocycles. The Morgan fingerprint density at radius 1 is 1.32 bits per heavy atom. The first-order valence-electron chi connectivity index (χ1n) is 9.51. The number of rotatable bonds is 6. The first-order valence-corrected chi connectivity index (χ1v) is 10.4. The highest BCUT2D eigenvalue weighted by molar-refractivity contribution is 8.00. The van der Waals surface area contributed by atoms with Gasteiger partial charge < -0.3 is 15.7 Å². The lowest BCUT2D eigenvalue weighted by Gasteiger charge is -2.27. The lowest BCUT2D eigenvalue weighted by molar-refractivity contribution is 0.0698. The largest absolute Gasteiger partial charge is 0.478 e. The number of hydrogen-bond donors (Lipinski definition) is 3. The Bertz CT molecular complexity index is 926. The van der Waals surface area contributed by atoms with Gasteiger partial charge in [-0.25, -0.2) is 4.79 Å². The average Bonchev–Trinajstić information content (AvgIpc) is 2.73. The van der Waals surface area contributed by atoms with Gasteiger partial charge in [0.2, 0.25) is 0 Å². The molecule has 5 nitrogen and oxygen atoms in total. The van der Waals surface area contributed by atoms with Crippen LogP contribution in [0.1, 0.15) is 40.2 Å². The lowest BCUT2D eigenvalue weighted by atomic mass is 9.83. The van der Waals surface area contributed by atoms with Crippen molar-refractivity contribution >= 4 is 23.4 Å². The molecule has 144 valence electrons. The first-order chi connectivity index (χ1) is 13.7. The van der Waals surface area contributed by atoms with Crippen molar-refractivity contribution in [3.63, 3.8) is 0 Å². The van der Waals surface area contributed by atoms with Crippen LogP contribution >= 0.6 is 11.8 Å². The number of carboxylic acid groups (broad SMARTS) is 1. The van der Waals surface area contributed by atoms with E-state index >= 15 is 0 Å². The van der Waals surface area contributed by atoms with E-state index in [1.807, 2.05) is 24.0 Å². The molecule has 1 aromatic heterocycles. The normalized spacial score (nSPS) is 20.3. The summed E-state index contributed by atoms with van der Waals surface area (Å²) in [4.78, 5) is 16.7. The summed E-state index contributed by atoms with van der Waals surface area (Å²) in [5.74, 6) is -0.559. The van der Waals surface area contributed by atoms with Crippen molar-refractivity contribution in [2.75, 3.05) is 11.9 Å². The predicted octanol–water partition coefficient (Wildman–Crippen LogP) is 4.40. The maximum atomic E-state index is 11.4. The standard InChI is InChI=1S/C22H23N3O2S/c26-22(27)19-9-11-23-14-20(19)25-13-16-5-3-4-15-12-17(7-8-18(15)16)28-21-6-1-2-10-24-21/h1-2,6-12,14,16,21,24-25H,3-5,13H2,(H,26,27). The Labute approximate surface area is 169 Å². The van der Waals surface area contributed by atoms with Gasteiger partial charge >= 0.3 is 5.97 Å². The summed E-state index contributed by atoms with van der Waals surface area (Å²) in [6.45, 7) is 0.711. The molecule has 1 aliphatic heterocycles. The summed E-state index contributed by atoms with van der Waals surface area (Å²) in [7, 11) is 0. The average molecular weight is 394 g/mol. The van der Waals surface area contributed by atoms with E-state index < -0.39 is 5.97 Å². The highest BCUT2D eigenvalue weighted by Gasteiger charge is 2.21. The first kappa shape index (κ1) is 18.6. The van der Waals surface area contributed by atoms with Gasteiger partial charge in [0.05, 0.1) is 22.8 Å². The molecule has 6 heteroatoms. The van der Waals surface area contributed by atoms with Gasteiger partial charge in [-0.1, -0.05) is 30.0 Å². The number of anilines is 1. The van der Waals surface area contributed by atoms with Crippen LogP contribution in [0.25, 0.3) is 0 Å². The van der Waals surface area contributed by atoms with Crippen LogP contribution in [0.15, 0.2) is 66.0 Å². The minimum absolute atomic E-state index is 0.264.